The van der Waals surface area contributed by atoms with Crippen molar-refractivity contribution in [2.24, 2.45) is 14.1 Å². The van der Waals surface area contributed by atoms with Crippen molar-refractivity contribution in [1.82, 2.24) is 24.3 Å². The Kier molecular flexibility index (Phi) is 3.08. The molecule has 3 heterocycles. The summed E-state index contributed by atoms with van der Waals surface area (Å²) in [6.45, 7) is 0. The van der Waals surface area contributed by atoms with Gasteiger partial charge in [-0.15, -0.1) is 0 Å². The zero-order valence-corrected chi connectivity index (χ0v) is 12.9. The second-order valence-corrected chi connectivity index (χ2v) is 5.44. The van der Waals surface area contributed by atoms with Gasteiger partial charge in [0.2, 0.25) is 5.95 Å². The minimum Gasteiger partial charge on any atom is -0.350 e. The number of fused-ring (bicyclic) bond motifs is 1. The van der Waals surface area contributed by atoms with Gasteiger partial charge in [0.15, 0.2) is 5.82 Å². The Morgan fingerprint density at radius 2 is 1.91 bits per heavy atom. The van der Waals surface area contributed by atoms with Gasteiger partial charge in [0.1, 0.15) is 0 Å². The molecule has 0 radical (unpaired) electrons. The summed E-state index contributed by atoms with van der Waals surface area (Å²) in [7, 11) is 3.92. The third kappa shape index (κ3) is 2.44. The molecule has 1 N–H and O–H groups in total. The van der Waals surface area contributed by atoms with Gasteiger partial charge in [0.05, 0.1) is 5.69 Å². The first-order chi connectivity index (χ1) is 11.2. The number of aromatic nitrogens is 5. The van der Waals surface area contributed by atoms with Gasteiger partial charge in [-0.2, -0.15) is 5.10 Å². The first-order valence-corrected chi connectivity index (χ1v) is 7.35. The minimum absolute atomic E-state index is 0.536. The molecular formula is C17H16N6. The van der Waals surface area contributed by atoms with Crippen LogP contribution >= 0.6 is 0 Å². The van der Waals surface area contributed by atoms with E-state index in [0.717, 1.165) is 17.1 Å². The molecule has 0 fully saturated rings. The molecule has 114 valence electrons. The fraction of sp³-hybridized carbons (Fsp3) is 0.118. The molecule has 0 aliphatic heterocycles. The molecule has 4 rings (SSSR count). The number of hydrogen-bond donors (Lipinski definition) is 1. The molecule has 0 saturated heterocycles. The molecule has 0 aliphatic carbocycles. The number of benzene rings is 1. The fourth-order valence-electron chi connectivity index (χ4n) is 2.71. The van der Waals surface area contributed by atoms with Crippen LogP contribution in [0.4, 0.5) is 11.8 Å². The highest BCUT2D eigenvalue weighted by molar-refractivity contribution is 5.95. The van der Waals surface area contributed by atoms with Crippen molar-refractivity contribution in [3.63, 3.8) is 0 Å². The summed E-state index contributed by atoms with van der Waals surface area (Å²) in [4.78, 5) is 8.90. The van der Waals surface area contributed by atoms with Crippen LogP contribution in [0.15, 0.2) is 55.0 Å². The van der Waals surface area contributed by atoms with E-state index < -0.39 is 0 Å². The number of rotatable bonds is 3. The first kappa shape index (κ1) is 13.5. The van der Waals surface area contributed by atoms with Crippen LogP contribution in [0, 0.1) is 0 Å². The average molecular weight is 304 g/mol. The largest absolute Gasteiger partial charge is 0.350 e. The van der Waals surface area contributed by atoms with E-state index >= 15 is 0 Å². The van der Waals surface area contributed by atoms with Gasteiger partial charge in [0.25, 0.3) is 0 Å². The Bertz CT molecular complexity index is 982. The maximum absolute atomic E-state index is 4.63. The molecule has 0 amide bonds. The van der Waals surface area contributed by atoms with Crippen molar-refractivity contribution in [2.45, 2.75) is 0 Å². The Morgan fingerprint density at radius 1 is 1.04 bits per heavy atom. The molecule has 0 bridgehead atoms. The van der Waals surface area contributed by atoms with Crippen LogP contribution in [0.25, 0.3) is 22.2 Å². The molecule has 6 nitrogen and oxygen atoms in total. The highest BCUT2D eigenvalue weighted by atomic mass is 15.3. The molecule has 0 aliphatic rings. The number of nitrogens with one attached hydrogen (secondary N) is 1. The van der Waals surface area contributed by atoms with Crippen molar-refractivity contribution in [2.75, 3.05) is 5.32 Å². The predicted molar refractivity (Wildman–Crippen MR) is 90.4 cm³/mol. The summed E-state index contributed by atoms with van der Waals surface area (Å²) in [6.07, 6.45) is 5.73. The predicted octanol–water partition coefficient (Wildman–Crippen LogP) is 3.11. The molecule has 3 aromatic heterocycles. The van der Waals surface area contributed by atoms with Crippen LogP contribution in [-0.4, -0.2) is 24.3 Å². The Morgan fingerprint density at radius 3 is 2.74 bits per heavy atom. The molecule has 0 atom stereocenters. The lowest BCUT2D eigenvalue weighted by molar-refractivity contribution is 0.771. The van der Waals surface area contributed by atoms with Gasteiger partial charge in [-0.3, -0.25) is 4.68 Å². The van der Waals surface area contributed by atoms with Crippen LogP contribution in [0.3, 0.4) is 0 Å². The van der Waals surface area contributed by atoms with E-state index in [1.54, 1.807) is 10.9 Å². The van der Waals surface area contributed by atoms with Gasteiger partial charge >= 0.3 is 0 Å². The number of nitrogens with zero attached hydrogens (tertiary/aromatic N) is 5. The van der Waals surface area contributed by atoms with E-state index in [2.05, 4.69) is 43.3 Å². The second kappa shape index (κ2) is 5.24. The van der Waals surface area contributed by atoms with Crippen molar-refractivity contribution in [3.8, 4) is 11.3 Å². The maximum Gasteiger partial charge on any atom is 0.228 e. The van der Waals surface area contributed by atoms with E-state index in [-0.39, 0.29) is 0 Å². The Balaban J connectivity index is 1.75. The lowest BCUT2D eigenvalue weighted by atomic mass is 10.1. The second-order valence-electron chi connectivity index (χ2n) is 5.44. The molecule has 0 saturated carbocycles. The number of para-hydroxylation sites is 1. The van der Waals surface area contributed by atoms with E-state index in [9.17, 15) is 0 Å². The van der Waals surface area contributed by atoms with Crippen LogP contribution in [-0.2, 0) is 14.1 Å². The number of aryl methyl sites for hydroxylation is 2. The SMILES string of the molecule is Cn1ccc(Nc2nccc(-c3cn(C)c4ccccc34)n2)n1. The van der Waals surface area contributed by atoms with E-state index in [1.165, 1.54) is 10.9 Å². The molecular weight excluding hydrogens is 288 g/mol. The normalized spacial score (nSPS) is 11.0. The number of hydrogen-bond acceptors (Lipinski definition) is 4. The monoisotopic (exact) mass is 304 g/mol. The third-order valence-electron chi connectivity index (χ3n) is 3.78. The summed E-state index contributed by atoms with van der Waals surface area (Å²) in [5.41, 5.74) is 3.16. The van der Waals surface area contributed by atoms with Crippen LogP contribution < -0.4 is 5.32 Å². The van der Waals surface area contributed by atoms with Crippen molar-refractivity contribution in [1.29, 1.82) is 0 Å². The maximum atomic E-state index is 4.63. The minimum atomic E-state index is 0.536. The third-order valence-corrected chi connectivity index (χ3v) is 3.78. The number of anilines is 2. The van der Waals surface area contributed by atoms with Crippen LogP contribution in [0.1, 0.15) is 0 Å². The molecule has 6 heteroatoms. The van der Waals surface area contributed by atoms with Crippen LogP contribution in [0.2, 0.25) is 0 Å². The zero-order chi connectivity index (χ0) is 15.8. The topological polar surface area (TPSA) is 60.6 Å². The Labute approximate surface area is 133 Å². The molecule has 4 aromatic rings. The highest BCUT2D eigenvalue weighted by Crippen LogP contribution is 2.29. The van der Waals surface area contributed by atoms with Crippen molar-refractivity contribution in [3.05, 3.63) is 55.0 Å². The quantitative estimate of drug-likeness (QED) is 0.632. The molecule has 0 unspecified atom stereocenters. The summed E-state index contributed by atoms with van der Waals surface area (Å²) >= 11 is 0. The van der Waals surface area contributed by atoms with Gasteiger partial charge in [0, 0.05) is 55.2 Å². The zero-order valence-electron chi connectivity index (χ0n) is 12.9. The van der Waals surface area contributed by atoms with Crippen LogP contribution in [0.5, 0.6) is 0 Å². The van der Waals surface area contributed by atoms with E-state index in [0.29, 0.717) is 5.95 Å². The van der Waals surface area contributed by atoms with Gasteiger partial charge in [-0.1, -0.05) is 18.2 Å². The first-order valence-electron chi connectivity index (χ1n) is 7.35. The summed E-state index contributed by atoms with van der Waals surface area (Å²) in [5, 5.41) is 8.59. The molecule has 1 aromatic carbocycles. The lowest BCUT2D eigenvalue weighted by Gasteiger charge is -2.03. The summed E-state index contributed by atoms with van der Waals surface area (Å²) in [5.74, 6) is 1.26. The van der Waals surface area contributed by atoms with E-state index in [1.807, 2.05) is 44.6 Å². The summed E-state index contributed by atoms with van der Waals surface area (Å²) in [6, 6.07) is 12.1. The van der Waals surface area contributed by atoms with Crippen molar-refractivity contribution < 1.29 is 0 Å². The van der Waals surface area contributed by atoms with Gasteiger partial charge < -0.3 is 9.88 Å². The average Bonchev–Trinajstić information content (AvgIpc) is 3.12. The molecule has 0 spiro atoms. The summed E-state index contributed by atoms with van der Waals surface area (Å²) < 4.78 is 3.84. The molecule has 23 heavy (non-hydrogen) atoms. The smallest absolute Gasteiger partial charge is 0.228 e. The van der Waals surface area contributed by atoms with Crippen molar-refractivity contribution >= 4 is 22.7 Å². The van der Waals surface area contributed by atoms with Gasteiger partial charge in [-0.05, 0) is 12.1 Å². The Hall–Kier alpha value is -3.15. The highest BCUT2D eigenvalue weighted by Gasteiger charge is 2.10. The van der Waals surface area contributed by atoms with Gasteiger partial charge in [-0.25, -0.2) is 9.97 Å². The van der Waals surface area contributed by atoms with E-state index in [4.69, 9.17) is 0 Å². The lowest BCUT2D eigenvalue weighted by Crippen LogP contribution is -1.99. The standard InChI is InChI=1S/C17H16N6/c1-22-11-13(12-5-3-4-6-15(12)22)14-7-9-18-17(19-14)20-16-8-10-23(2)21-16/h3-11H,1-2H3,(H,18,19,20,21). The fourth-order valence-corrected chi connectivity index (χ4v) is 2.71.